The molecular weight excluding hydrogens is 376 g/mol. The molecule has 0 unspecified atom stereocenters. The van der Waals surface area contributed by atoms with E-state index in [1.165, 1.54) is 11.8 Å². The molecule has 1 aliphatic heterocycles. The molecule has 2 heterocycles. The van der Waals surface area contributed by atoms with Crippen LogP contribution in [0.15, 0.2) is 40.1 Å². The summed E-state index contributed by atoms with van der Waals surface area (Å²) in [6.45, 7) is 7.84. The smallest absolute Gasteiger partial charge is 0.284 e. The van der Waals surface area contributed by atoms with Gasteiger partial charge in [0, 0.05) is 22.9 Å². The molecule has 0 atom stereocenters. The monoisotopic (exact) mass is 398 g/mol. The quantitative estimate of drug-likeness (QED) is 0.339. The Morgan fingerprint density at radius 2 is 2.04 bits per heavy atom. The molecule has 0 N–H and O–H groups in total. The Labute approximate surface area is 167 Å². The summed E-state index contributed by atoms with van der Waals surface area (Å²) < 4.78 is 7.54. The second-order valence-electron chi connectivity index (χ2n) is 6.60. The van der Waals surface area contributed by atoms with E-state index < -0.39 is 0 Å². The number of methoxy groups -OCH3 is 1. The van der Waals surface area contributed by atoms with E-state index in [4.69, 9.17) is 9.84 Å². The molecule has 28 heavy (non-hydrogen) atoms. The van der Waals surface area contributed by atoms with Crippen LogP contribution in [0, 0.1) is 10.1 Å². The Balaban J connectivity index is 1.93. The summed E-state index contributed by atoms with van der Waals surface area (Å²) in [4.78, 5) is 15.2. The van der Waals surface area contributed by atoms with Crippen LogP contribution in [0.1, 0.15) is 13.8 Å². The highest BCUT2D eigenvalue weighted by Gasteiger charge is 2.31. The highest BCUT2D eigenvalue weighted by molar-refractivity contribution is 8.00. The number of nitro groups is 1. The SMILES string of the molecule is CCN(CC)CCn1nc2c3c(c([N+](=O)[O-])ccc31)Sc1cccc(OC)c1-2. The van der Waals surface area contributed by atoms with Gasteiger partial charge in [0.05, 0.1) is 29.7 Å². The lowest BCUT2D eigenvalue weighted by Crippen LogP contribution is -2.27. The highest BCUT2D eigenvalue weighted by atomic mass is 32.2. The molecule has 3 aromatic rings. The lowest BCUT2D eigenvalue weighted by atomic mass is 10.1. The van der Waals surface area contributed by atoms with E-state index in [2.05, 4.69) is 18.7 Å². The number of ether oxygens (including phenoxy) is 1. The number of nitrogens with zero attached hydrogens (tertiary/aromatic N) is 4. The van der Waals surface area contributed by atoms with Crippen LogP contribution in [-0.2, 0) is 6.54 Å². The number of fused-ring (bicyclic) bond motifs is 2. The van der Waals surface area contributed by atoms with Gasteiger partial charge in [0.15, 0.2) is 0 Å². The fraction of sp³-hybridized carbons (Fsp3) is 0.350. The average molecular weight is 398 g/mol. The summed E-state index contributed by atoms with van der Waals surface area (Å²) in [6.07, 6.45) is 0. The van der Waals surface area contributed by atoms with Crippen LogP contribution in [-0.4, -0.2) is 46.3 Å². The fourth-order valence-corrected chi connectivity index (χ4v) is 4.92. The van der Waals surface area contributed by atoms with Crippen molar-refractivity contribution >= 4 is 28.4 Å². The number of rotatable bonds is 7. The summed E-state index contributed by atoms with van der Waals surface area (Å²) in [5.74, 6) is 0.734. The van der Waals surface area contributed by atoms with Gasteiger partial charge in [-0.1, -0.05) is 31.7 Å². The number of hydrogen-bond donors (Lipinski definition) is 0. The molecule has 7 nitrogen and oxygen atoms in total. The van der Waals surface area contributed by atoms with Gasteiger partial charge in [-0.25, -0.2) is 0 Å². The number of likely N-dealkylation sites (N-methyl/N-ethyl adjacent to an activating group) is 1. The van der Waals surface area contributed by atoms with E-state index in [9.17, 15) is 10.1 Å². The van der Waals surface area contributed by atoms with Crippen LogP contribution in [0.2, 0.25) is 0 Å². The van der Waals surface area contributed by atoms with E-state index in [-0.39, 0.29) is 10.6 Å². The first kappa shape index (κ1) is 18.8. The zero-order valence-electron chi connectivity index (χ0n) is 16.1. The summed E-state index contributed by atoms with van der Waals surface area (Å²) >= 11 is 1.42. The fourth-order valence-electron chi connectivity index (χ4n) is 3.71. The zero-order valence-corrected chi connectivity index (χ0v) is 17.0. The minimum Gasteiger partial charge on any atom is -0.496 e. The third-order valence-corrected chi connectivity index (χ3v) is 6.40. The zero-order chi connectivity index (χ0) is 19.8. The van der Waals surface area contributed by atoms with Crippen LogP contribution in [0.5, 0.6) is 5.75 Å². The van der Waals surface area contributed by atoms with Crippen molar-refractivity contribution in [3.63, 3.8) is 0 Å². The third kappa shape index (κ3) is 2.93. The van der Waals surface area contributed by atoms with Crippen molar-refractivity contribution in [1.82, 2.24) is 14.7 Å². The van der Waals surface area contributed by atoms with Crippen LogP contribution in [0.3, 0.4) is 0 Å². The van der Waals surface area contributed by atoms with E-state index in [0.717, 1.165) is 59.0 Å². The van der Waals surface area contributed by atoms with E-state index in [1.54, 1.807) is 13.2 Å². The van der Waals surface area contributed by atoms with Crippen molar-refractivity contribution in [3.8, 4) is 17.0 Å². The van der Waals surface area contributed by atoms with Gasteiger partial charge in [-0.15, -0.1) is 0 Å². The molecule has 0 saturated heterocycles. The van der Waals surface area contributed by atoms with Crippen molar-refractivity contribution in [2.45, 2.75) is 30.2 Å². The molecular formula is C20H22N4O3S. The molecule has 146 valence electrons. The molecule has 0 bridgehead atoms. The number of benzene rings is 2. The molecule has 4 rings (SSSR count). The van der Waals surface area contributed by atoms with Crippen molar-refractivity contribution in [2.24, 2.45) is 0 Å². The van der Waals surface area contributed by atoms with Gasteiger partial charge in [0.25, 0.3) is 5.69 Å². The van der Waals surface area contributed by atoms with Crippen molar-refractivity contribution in [3.05, 3.63) is 40.4 Å². The van der Waals surface area contributed by atoms with Crippen LogP contribution in [0.4, 0.5) is 5.69 Å². The minimum absolute atomic E-state index is 0.121. The largest absolute Gasteiger partial charge is 0.496 e. The average Bonchev–Trinajstić information content (AvgIpc) is 3.08. The maximum atomic E-state index is 11.6. The maximum absolute atomic E-state index is 11.6. The predicted octanol–water partition coefficient (Wildman–Crippen LogP) is 4.43. The van der Waals surface area contributed by atoms with Crippen molar-refractivity contribution in [2.75, 3.05) is 26.7 Å². The summed E-state index contributed by atoms with van der Waals surface area (Å²) in [6, 6.07) is 9.18. The van der Waals surface area contributed by atoms with Gasteiger partial charge in [-0.05, 0) is 31.3 Å². The number of hydrogen-bond acceptors (Lipinski definition) is 6. The topological polar surface area (TPSA) is 73.4 Å². The highest BCUT2D eigenvalue weighted by Crippen LogP contribution is 2.53. The molecule has 0 amide bonds. The van der Waals surface area contributed by atoms with Crippen molar-refractivity contribution in [1.29, 1.82) is 0 Å². The first-order valence-electron chi connectivity index (χ1n) is 9.34. The molecule has 8 heteroatoms. The standard InChI is InChI=1S/C20H22N4O3S/c1-4-22(5-2)11-12-23-13-9-10-14(24(25)26)20-17(13)19(21-23)18-15(27-3)7-6-8-16(18)28-20/h6-10H,4-5,11-12H2,1-3H3. The molecule has 2 aromatic carbocycles. The van der Waals surface area contributed by atoms with Gasteiger partial charge in [0.2, 0.25) is 0 Å². The van der Waals surface area contributed by atoms with Gasteiger partial charge >= 0.3 is 0 Å². The Morgan fingerprint density at radius 3 is 2.71 bits per heavy atom. The predicted molar refractivity (Wildman–Crippen MR) is 110 cm³/mol. The Morgan fingerprint density at radius 1 is 1.25 bits per heavy atom. The van der Waals surface area contributed by atoms with E-state index in [0.29, 0.717) is 4.90 Å². The molecule has 1 aromatic heterocycles. The van der Waals surface area contributed by atoms with Crippen molar-refractivity contribution < 1.29 is 9.66 Å². The minimum atomic E-state index is -0.316. The van der Waals surface area contributed by atoms with Gasteiger partial charge < -0.3 is 9.64 Å². The Hall–Kier alpha value is -2.58. The second kappa shape index (κ2) is 7.44. The first-order valence-corrected chi connectivity index (χ1v) is 10.2. The van der Waals surface area contributed by atoms with Gasteiger partial charge in [-0.3, -0.25) is 14.8 Å². The van der Waals surface area contributed by atoms with Crippen LogP contribution in [0.25, 0.3) is 22.2 Å². The molecule has 1 aliphatic rings. The first-order chi connectivity index (χ1) is 13.6. The lowest BCUT2D eigenvalue weighted by Gasteiger charge is -2.17. The number of aromatic nitrogens is 2. The molecule has 0 aliphatic carbocycles. The molecule has 0 radical (unpaired) electrons. The Bertz CT molecular complexity index is 1060. The molecule has 0 fully saturated rings. The summed E-state index contributed by atoms with van der Waals surface area (Å²) in [5.41, 5.74) is 2.72. The third-order valence-electron chi connectivity index (χ3n) is 5.23. The lowest BCUT2D eigenvalue weighted by molar-refractivity contribution is -0.387. The van der Waals surface area contributed by atoms with Gasteiger partial charge in [0.1, 0.15) is 16.3 Å². The second-order valence-corrected chi connectivity index (χ2v) is 7.65. The van der Waals surface area contributed by atoms with E-state index in [1.807, 2.05) is 28.9 Å². The Kier molecular flexibility index (Phi) is 4.99. The number of nitro benzene ring substituents is 1. The molecule has 0 spiro atoms. The van der Waals surface area contributed by atoms with Crippen LogP contribution < -0.4 is 4.74 Å². The molecule has 0 saturated carbocycles. The van der Waals surface area contributed by atoms with Crippen LogP contribution >= 0.6 is 11.8 Å². The maximum Gasteiger partial charge on any atom is 0.284 e. The van der Waals surface area contributed by atoms with E-state index >= 15 is 0 Å². The summed E-state index contributed by atoms with van der Waals surface area (Å²) in [7, 11) is 1.64. The normalized spacial score (nSPS) is 12.4. The summed E-state index contributed by atoms with van der Waals surface area (Å²) in [5, 5.41) is 17.4. The van der Waals surface area contributed by atoms with Gasteiger partial charge in [-0.2, -0.15) is 5.10 Å².